The van der Waals surface area contributed by atoms with Gasteiger partial charge in [0.05, 0.1) is 5.92 Å². The zero-order valence-corrected chi connectivity index (χ0v) is 17.4. The molecule has 2 saturated heterocycles. The monoisotopic (exact) mass is 394 g/mol. The average molecular weight is 395 g/mol. The summed E-state index contributed by atoms with van der Waals surface area (Å²) in [4.78, 5) is 33.3. The van der Waals surface area contributed by atoms with Crippen LogP contribution in [0.2, 0.25) is 0 Å². The van der Waals surface area contributed by atoms with Gasteiger partial charge in [-0.2, -0.15) is 0 Å². The number of rotatable bonds is 4. The molecule has 0 N–H and O–H groups in total. The topological polar surface area (TPSA) is 65.5 Å². The van der Waals surface area contributed by atoms with Crippen molar-refractivity contribution in [2.75, 3.05) is 49.1 Å². The van der Waals surface area contributed by atoms with Crippen molar-refractivity contribution in [2.45, 2.75) is 33.1 Å². The number of amides is 1. The highest BCUT2D eigenvalue weighted by Gasteiger charge is 2.31. The van der Waals surface area contributed by atoms with Gasteiger partial charge in [0.15, 0.2) is 0 Å². The van der Waals surface area contributed by atoms with Crippen LogP contribution < -0.4 is 9.80 Å². The summed E-state index contributed by atoms with van der Waals surface area (Å²) in [5, 5.41) is 0. The molecule has 154 valence electrons. The second-order valence-electron chi connectivity index (χ2n) is 7.92. The van der Waals surface area contributed by atoms with Crippen molar-refractivity contribution in [1.82, 2.24) is 19.9 Å². The van der Waals surface area contributed by atoms with Gasteiger partial charge in [-0.15, -0.1) is 0 Å². The second-order valence-corrected chi connectivity index (χ2v) is 7.92. The zero-order chi connectivity index (χ0) is 20.2. The molecule has 0 saturated carbocycles. The first kappa shape index (κ1) is 19.6. The van der Waals surface area contributed by atoms with E-state index in [1.165, 1.54) is 0 Å². The highest BCUT2D eigenvalue weighted by molar-refractivity contribution is 5.80. The molecule has 7 heteroatoms. The van der Waals surface area contributed by atoms with Crippen LogP contribution >= 0.6 is 0 Å². The highest BCUT2D eigenvalue weighted by atomic mass is 16.2. The molecule has 1 atom stereocenters. The zero-order valence-electron chi connectivity index (χ0n) is 17.4. The average Bonchev–Trinajstić information content (AvgIpc) is 2.79. The fourth-order valence-corrected chi connectivity index (χ4v) is 4.27. The summed E-state index contributed by atoms with van der Waals surface area (Å²) in [7, 11) is 0. The summed E-state index contributed by atoms with van der Waals surface area (Å²) >= 11 is 0. The van der Waals surface area contributed by atoms with E-state index in [0.717, 1.165) is 81.7 Å². The van der Waals surface area contributed by atoms with E-state index in [-0.39, 0.29) is 5.92 Å². The number of aromatic nitrogens is 3. The third kappa shape index (κ3) is 4.49. The van der Waals surface area contributed by atoms with Crippen molar-refractivity contribution in [3.63, 3.8) is 0 Å². The predicted molar refractivity (Wildman–Crippen MR) is 114 cm³/mol. The molecule has 2 aromatic heterocycles. The first-order valence-electron chi connectivity index (χ1n) is 10.7. The molecule has 1 amide bonds. The van der Waals surface area contributed by atoms with Crippen molar-refractivity contribution < 1.29 is 4.79 Å². The molecule has 2 aromatic rings. The van der Waals surface area contributed by atoms with Gasteiger partial charge in [-0.3, -0.25) is 4.79 Å². The number of aryl methyl sites for hydroxylation is 2. The number of pyridine rings is 1. The maximum atomic E-state index is 13.2. The molecular weight excluding hydrogens is 364 g/mol. The van der Waals surface area contributed by atoms with Gasteiger partial charge in [0.25, 0.3) is 0 Å². The van der Waals surface area contributed by atoms with Crippen molar-refractivity contribution in [3.8, 4) is 0 Å². The molecule has 0 bridgehead atoms. The van der Waals surface area contributed by atoms with Gasteiger partial charge < -0.3 is 14.7 Å². The second kappa shape index (κ2) is 8.76. The minimum absolute atomic E-state index is 0.0605. The van der Waals surface area contributed by atoms with E-state index in [4.69, 9.17) is 0 Å². The summed E-state index contributed by atoms with van der Waals surface area (Å²) in [6.45, 7) is 8.98. The Kier molecular flexibility index (Phi) is 5.92. The van der Waals surface area contributed by atoms with Gasteiger partial charge in [0.2, 0.25) is 5.91 Å². The first-order chi connectivity index (χ1) is 14.1. The lowest BCUT2D eigenvalue weighted by Crippen LogP contribution is -2.53. The van der Waals surface area contributed by atoms with Crippen LogP contribution in [-0.4, -0.2) is 65.0 Å². The van der Waals surface area contributed by atoms with Gasteiger partial charge in [0, 0.05) is 63.6 Å². The Morgan fingerprint density at radius 3 is 2.62 bits per heavy atom. The third-order valence-corrected chi connectivity index (χ3v) is 5.86. The van der Waals surface area contributed by atoms with Crippen LogP contribution in [0.3, 0.4) is 0 Å². The Hall–Kier alpha value is -2.70. The van der Waals surface area contributed by atoms with E-state index < -0.39 is 0 Å². The van der Waals surface area contributed by atoms with Crippen LogP contribution in [0.25, 0.3) is 0 Å². The number of anilines is 2. The van der Waals surface area contributed by atoms with Crippen LogP contribution in [0.5, 0.6) is 0 Å². The fraction of sp³-hybridized carbons (Fsp3) is 0.545. The molecule has 0 radical (unpaired) electrons. The van der Waals surface area contributed by atoms with Crippen molar-refractivity contribution in [2.24, 2.45) is 5.92 Å². The molecular formula is C22H30N6O. The lowest BCUT2D eigenvalue weighted by Gasteiger charge is -2.39. The van der Waals surface area contributed by atoms with Crippen molar-refractivity contribution in [1.29, 1.82) is 0 Å². The summed E-state index contributed by atoms with van der Waals surface area (Å²) in [5.41, 5.74) is 1.00. The maximum Gasteiger partial charge on any atom is 0.227 e. The molecule has 0 aromatic carbocycles. The SMILES string of the molecule is CCc1nc(C)cc(N2CCN(C(=O)[C@H]3CCCN(c4ccccn4)C3)CC2)n1. The third-order valence-electron chi connectivity index (χ3n) is 5.86. The molecule has 4 heterocycles. The van der Waals surface area contributed by atoms with Crippen molar-refractivity contribution >= 4 is 17.5 Å². The van der Waals surface area contributed by atoms with Crippen LogP contribution in [0, 0.1) is 12.8 Å². The number of hydrogen-bond donors (Lipinski definition) is 0. The Labute approximate surface area is 172 Å². The lowest BCUT2D eigenvalue weighted by atomic mass is 9.96. The van der Waals surface area contributed by atoms with Crippen LogP contribution in [0.1, 0.15) is 31.3 Å². The van der Waals surface area contributed by atoms with Crippen molar-refractivity contribution in [3.05, 3.63) is 42.0 Å². The van der Waals surface area contributed by atoms with Gasteiger partial charge in [0.1, 0.15) is 17.5 Å². The molecule has 2 aliphatic rings. The maximum absolute atomic E-state index is 13.2. The normalized spacial score (nSPS) is 20.1. The number of piperidine rings is 1. The summed E-state index contributed by atoms with van der Waals surface area (Å²) in [6, 6.07) is 8.01. The van der Waals surface area contributed by atoms with Crippen LogP contribution in [0.4, 0.5) is 11.6 Å². The lowest BCUT2D eigenvalue weighted by molar-refractivity contribution is -0.136. The Morgan fingerprint density at radius 2 is 1.90 bits per heavy atom. The molecule has 0 aliphatic carbocycles. The standard InChI is InChI=1S/C22H30N6O/c1-3-19-24-17(2)15-21(25-19)26-11-13-27(14-12-26)22(29)18-7-6-10-28(16-18)20-8-4-5-9-23-20/h4-5,8-9,15,18H,3,6-7,10-14,16H2,1-2H3/t18-/m0/s1. The Morgan fingerprint density at radius 1 is 1.07 bits per heavy atom. The first-order valence-corrected chi connectivity index (χ1v) is 10.7. The summed E-state index contributed by atoms with van der Waals surface area (Å²) in [5.74, 6) is 3.19. The van der Waals surface area contributed by atoms with Gasteiger partial charge in [-0.25, -0.2) is 15.0 Å². The van der Waals surface area contributed by atoms with E-state index in [1.54, 1.807) is 0 Å². The molecule has 2 aliphatic heterocycles. The van der Waals surface area contributed by atoms with Gasteiger partial charge in [-0.05, 0) is 31.9 Å². The number of carbonyl (C=O) groups is 1. The van der Waals surface area contributed by atoms with Crippen LogP contribution in [-0.2, 0) is 11.2 Å². The van der Waals surface area contributed by atoms with E-state index in [1.807, 2.05) is 42.3 Å². The molecule has 7 nitrogen and oxygen atoms in total. The molecule has 4 rings (SSSR count). The largest absolute Gasteiger partial charge is 0.356 e. The van der Waals surface area contributed by atoms with E-state index in [2.05, 4.69) is 31.7 Å². The van der Waals surface area contributed by atoms with Crippen LogP contribution in [0.15, 0.2) is 30.5 Å². The number of piperazine rings is 1. The minimum Gasteiger partial charge on any atom is -0.356 e. The predicted octanol–water partition coefficient (Wildman–Crippen LogP) is 2.31. The van der Waals surface area contributed by atoms with Gasteiger partial charge >= 0.3 is 0 Å². The van der Waals surface area contributed by atoms with E-state index in [9.17, 15) is 4.79 Å². The highest BCUT2D eigenvalue weighted by Crippen LogP contribution is 2.24. The fourth-order valence-electron chi connectivity index (χ4n) is 4.27. The summed E-state index contributed by atoms with van der Waals surface area (Å²) < 4.78 is 0. The van der Waals surface area contributed by atoms with E-state index in [0.29, 0.717) is 5.91 Å². The molecule has 0 spiro atoms. The molecule has 2 fully saturated rings. The van der Waals surface area contributed by atoms with Gasteiger partial charge in [-0.1, -0.05) is 13.0 Å². The molecule has 0 unspecified atom stereocenters. The number of nitrogens with zero attached hydrogens (tertiary/aromatic N) is 6. The summed E-state index contributed by atoms with van der Waals surface area (Å²) in [6.07, 6.45) is 4.65. The Balaban J connectivity index is 1.36. The minimum atomic E-state index is 0.0605. The molecule has 29 heavy (non-hydrogen) atoms. The number of carbonyl (C=O) groups excluding carboxylic acids is 1. The number of hydrogen-bond acceptors (Lipinski definition) is 6. The smallest absolute Gasteiger partial charge is 0.227 e. The Bertz CT molecular complexity index is 834. The van der Waals surface area contributed by atoms with E-state index >= 15 is 0 Å². The quantitative estimate of drug-likeness (QED) is 0.793.